The lowest BCUT2D eigenvalue weighted by Crippen LogP contribution is -2.45. The van der Waals surface area contributed by atoms with Gasteiger partial charge in [0.25, 0.3) is 5.91 Å². The van der Waals surface area contributed by atoms with Gasteiger partial charge in [0.2, 0.25) is 0 Å². The van der Waals surface area contributed by atoms with Gasteiger partial charge in [-0.1, -0.05) is 12.1 Å². The number of hydrogen-bond acceptors (Lipinski definition) is 3. The highest BCUT2D eigenvalue weighted by Gasteiger charge is 2.35. The molecule has 0 unspecified atom stereocenters. The summed E-state index contributed by atoms with van der Waals surface area (Å²) in [5.41, 5.74) is 4.77. The van der Waals surface area contributed by atoms with Crippen molar-refractivity contribution in [1.82, 2.24) is 9.38 Å². The van der Waals surface area contributed by atoms with Crippen molar-refractivity contribution >= 4 is 22.9 Å². The molecular weight excluding hydrogens is 312 g/mol. The summed E-state index contributed by atoms with van der Waals surface area (Å²) < 4.78 is 2.00. The van der Waals surface area contributed by atoms with Crippen LogP contribution in [0.2, 0.25) is 0 Å². The number of para-hydroxylation sites is 2. The standard InChI is InChI=1S/C20H20N4O/c1-14-13-21-19-12-15(8-9-22(14)19)20(25)24-11-10-23(16-6-7-16)17-4-2-3-5-18(17)24/h2-5,8-9,12-13,16H,6-7,10-11H2,1H3. The Morgan fingerprint density at radius 2 is 1.92 bits per heavy atom. The minimum atomic E-state index is 0.0473. The Balaban J connectivity index is 1.53. The molecule has 2 aliphatic rings. The predicted octanol–water partition coefficient (Wildman–Crippen LogP) is 3.27. The minimum absolute atomic E-state index is 0.0473. The van der Waals surface area contributed by atoms with Crippen LogP contribution in [0.5, 0.6) is 0 Å². The number of carbonyl (C=O) groups is 1. The number of anilines is 2. The van der Waals surface area contributed by atoms with Gasteiger partial charge in [-0.15, -0.1) is 0 Å². The van der Waals surface area contributed by atoms with Gasteiger partial charge in [-0.25, -0.2) is 4.98 Å². The van der Waals surface area contributed by atoms with Crippen molar-refractivity contribution in [3.05, 3.63) is 60.0 Å². The van der Waals surface area contributed by atoms with E-state index in [1.54, 1.807) is 0 Å². The molecule has 1 saturated carbocycles. The smallest absolute Gasteiger partial charge is 0.258 e. The highest BCUT2D eigenvalue weighted by atomic mass is 16.2. The van der Waals surface area contributed by atoms with E-state index in [1.807, 2.05) is 46.8 Å². The molecule has 0 spiro atoms. The van der Waals surface area contributed by atoms with Gasteiger partial charge < -0.3 is 14.2 Å². The van der Waals surface area contributed by atoms with Gasteiger partial charge in [0.1, 0.15) is 5.65 Å². The topological polar surface area (TPSA) is 40.9 Å². The molecule has 1 aromatic carbocycles. The zero-order valence-corrected chi connectivity index (χ0v) is 14.2. The van der Waals surface area contributed by atoms with Crippen molar-refractivity contribution in [2.45, 2.75) is 25.8 Å². The van der Waals surface area contributed by atoms with Gasteiger partial charge in [-0.05, 0) is 44.0 Å². The molecule has 2 aromatic heterocycles. The third kappa shape index (κ3) is 2.30. The summed E-state index contributed by atoms with van der Waals surface area (Å²) in [6, 6.07) is 12.7. The molecule has 0 bridgehead atoms. The second-order valence-electron chi connectivity index (χ2n) is 6.91. The Kier molecular flexibility index (Phi) is 3.10. The van der Waals surface area contributed by atoms with Crippen LogP contribution >= 0.6 is 0 Å². The van der Waals surface area contributed by atoms with Crippen LogP contribution in [0.25, 0.3) is 5.65 Å². The van der Waals surface area contributed by atoms with E-state index >= 15 is 0 Å². The molecule has 1 amide bonds. The fourth-order valence-electron chi connectivity index (χ4n) is 3.76. The van der Waals surface area contributed by atoms with Crippen LogP contribution in [0.15, 0.2) is 48.8 Å². The first-order valence-corrected chi connectivity index (χ1v) is 8.83. The summed E-state index contributed by atoms with van der Waals surface area (Å²) in [6.45, 7) is 3.64. The number of pyridine rings is 1. The Labute approximate surface area is 146 Å². The van der Waals surface area contributed by atoms with Crippen LogP contribution in [0.3, 0.4) is 0 Å². The van der Waals surface area contributed by atoms with Crippen molar-refractivity contribution < 1.29 is 4.79 Å². The van der Waals surface area contributed by atoms with E-state index in [0.29, 0.717) is 11.6 Å². The van der Waals surface area contributed by atoms with Gasteiger partial charge in [0.15, 0.2) is 0 Å². The monoisotopic (exact) mass is 332 g/mol. The van der Waals surface area contributed by atoms with Crippen molar-refractivity contribution in [3.8, 4) is 0 Å². The number of amides is 1. The molecule has 5 rings (SSSR count). The van der Waals surface area contributed by atoms with Gasteiger partial charge in [-0.3, -0.25) is 4.79 Å². The maximum absolute atomic E-state index is 13.2. The van der Waals surface area contributed by atoms with Crippen LogP contribution in [0, 0.1) is 6.92 Å². The summed E-state index contributed by atoms with van der Waals surface area (Å²) in [5, 5.41) is 0. The van der Waals surface area contributed by atoms with E-state index in [2.05, 4.69) is 28.1 Å². The number of carbonyl (C=O) groups excluding carboxylic acids is 1. The molecule has 25 heavy (non-hydrogen) atoms. The molecule has 0 radical (unpaired) electrons. The van der Waals surface area contributed by atoms with Crippen LogP contribution in [-0.2, 0) is 0 Å². The van der Waals surface area contributed by atoms with Gasteiger partial charge in [0, 0.05) is 42.8 Å². The molecule has 3 heterocycles. The maximum atomic E-state index is 13.2. The summed E-state index contributed by atoms with van der Waals surface area (Å²) in [6.07, 6.45) is 6.28. The van der Waals surface area contributed by atoms with Crippen molar-refractivity contribution in [1.29, 1.82) is 0 Å². The first kappa shape index (κ1) is 14.5. The average molecular weight is 332 g/mol. The molecular formula is C20H20N4O. The lowest BCUT2D eigenvalue weighted by Gasteiger charge is -2.38. The second kappa shape index (κ2) is 5.34. The molecule has 0 N–H and O–H groups in total. The number of hydrogen-bond donors (Lipinski definition) is 0. The molecule has 1 aliphatic carbocycles. The third-order valence-electron chi connectivity index (χ3n) is 5.22. The fraction of sp³-hybridized carbons (Fsp3) is 0.300. The zero-order chi connectivity index (χ0) is 17.0. The summed E-state index contributed by atoms with van der Waals surface area (Å²) in [4.78, 5) is 21.9. The molecule has 5 nitrogen and oxygen atoms in total. The van der Waals surface area contributed by atoms with Gasteiger partial charge in [-0.2, -0.15) is 0 Å². The van der Waals surface area contributed by atoms with E-state index in [4.69, 9.17) is 0 Å². The quantitative estimate of drug-likeness (QED) is 0.723. The fourth-order valence-corrected chi connectivity index (χ4v) is 3.76. The molecule has 0 saturated heterocycles. The van der Waals surface area contributed by atoms with E-state index in [9.17, 15) is 4.79 Å². The SMILES string of the molecule is Cc1cnc2cc(C(=O)N3CCN(C4CC4)c4ccccc43)ccn12. The van der Waals surface area contributed by atoms with Crippen LogP contribution in [0.4, 0.5) is 11.4 Å². The number of fused-ring (bicyclic) bond motifs is 2. The van der Waals surface area contributed by atoms with Crippen molar-refractivity contribution in [3.63, 3.8) is 0 Å². The Morgan fingerprint density at radius 3 is 2.72 bits per heavy atom. The summed E-state index contributed by atoms with van der Waals surface area (Å²) >= 11 is 0. The average Bonchev–Trinajstić information content (AvgIpc) is 3.43. The lowest BCUT2D eigenvalue weighted by atomic mass is 10.1. The maximum Gasteiger partial charge on any atom is 0.258 e. The van der Waals surface area contributed by atoms with Gasteiger partial charge in [0.05, 0.1) is 11.4 Å². The van der Waals surface area contributed by atoms with E-state index in [1.165, 1.54) is 18.5 Å². The largest absolute Gasteiger partial charge is 0.365 e. The Hall–Kier alpha value is -2.82. The number of benzene rings is 1. The zero-order valence-electron chi connectivity index (χ0n) is 14.2. The lowest BCUT2D eigenvalue weighted by molar-refractivity contribution is 0.0986. The molecule has 126 valence electrons. The second-order valence-corrected chi connectivity index (χ2v) is 6.91. The highest BCUT2D eigenvalue weighted by molar-refractivity contribution is 6.08. The van der Waals surface area contributed by atoms with E-state index < -0.39 is 0 Å². The van der Waals surface area contributed by atoms with Gasteiger partial charge >= 0.3 is 0 Å². The minimum Gasteiger partial charge on any atom is -0.365 e. The van der Waals surface area contributed by atoms with Crippen molar-refractivity contribution in [2.75, 3.05) is 22.9 Å². The Bertz CT molecular complexity index is 973. The van der Waals surface area contributed by atoms with Crippen LogP contribution < -0.4 is 9.80 Å². The van der Waals surface area contributed by atoms with E-state index in [-0.39, 0.29) is 5.91 Å². The Morgan fingerprint density at radius 1 is 1.12 bits per heavy atom. The molecule has 5 heteroatoms. The predicted molar refractivity (Wildman–Crippen MR) is 98.4 cm³/mol. The van der Waals surface area contributed by atoms with E-state index in [0.717, 1.165) is 30.1 Å². The molecule has 0 atom stereocenters. The molecule has 1 aliphatic heterocycles. The molecule has 3 aromatic rings. The van der Waals surface area contributed by atoms with Crippen LogP contribution in [-0.4, -0.2) is 34.4 Å². The highest BCUT2D eigenvalue weighted by Crippen LogP contribution is 2.40. The number of rotatable bonds is 2. The van der Waals surface area contributed by atoms with Crippen LogP contribution in [0.1, 0.15) is 28.9 Å². The normalized spacial score (nSPS) is 17.0. The van der Waals surface area contributed by atoms with Crippen molar-refractivity contribution in [2.24, 2.45) is 0 Å². The number of aromatic nitrogens is 2. The number of nitrogens with zero attached hydrogens (tertiary/aromatic N) is 4. The number of imidazole rings is 1. The summed E-state index contributed by atoms with van der Waals surface area (Å²) in [5.74, 6) is 0.0473. The first-order chi connectivity index (χ1) is 12.2. The number of aryl methyl sites for hydroxylation is 1. The third-order valence-corrected chi connectivity index (χ3v) is 5.22. The first-order valence-electron chi connectivity index (χ1n) is 8.83. The summed E-state index contributed by atoms with van der Waals surface area (Å²) in [7, 11) is 0. The molecule has 1 fully saturated rings.